The Kier molecular flexibility index (Phi) is 3.38. The Morgan fingerprint density at radius 2 is 2.05 bits per heavy atom. The van der Waals surface area contributed by atoms with Gasteiger partial charge in [-0.2, -0.15) is 0 Å². The van der Waals surface area contributed by atoms with Crippen molar-refractivity contribution in [2.45, 2.75) is 20.8 Å². The summed E-state index contributed by atoms with van der Waals surface area (Å²) in [6.45, 7) is 5.44. The highest BCUT2D eigenvalue weighted by Crippen LogP contribution is 2.19. The van der Waals surface area contributed by atoms with Gasteiger partial charge in [0.15, 0.2) is 4.96 Å². The van der Waals surface area contributed by atoms with Gasteiger partial charge in [-0.15, -0.1) is 22.7 Å². The highest BCUT2D eigenvalue weighted by molar-refractivity contribution is 7.15. The Morgan fingerprint density at radius 3 is 2.71 bits per heavy atom. The minimum absolute atomic E-state index is 0.237. The van der Waals surface area contributed by atoms with Crippen molar-refractivity contribution in [3.05, 3.63) is 49.0 Å². The second-order valence-electron chi connectivity index (χ2n) is 4.76. The molecule has 1 N–H and O–H groups in total. The molecule has 0 spiro atoms. The number of aryl methyl sites for hydroxylation is 3. The first kappa shape index (κ1) is 14.0. The second-order valence-corrected chi connectivity index (χ2v) is 6.51. The number of hydrogen-bond acceptors (Lipinski definition) is 5. The van der Waals surface area contributed by atoms with Gasteiger partial charge in [0, 0.05) is 11.1 Å². The monoisotopic (exact) mass is 319 g/mol. The van der Waals surface area contributed by atoms with E-state index in [2.05, 4.69) is 10.3 Å². The number of hydrogen-bond donors (Lipinski definition) is 1. The van der Waals surface area contributed by atoms with Crippen LogP contribution < -0.4 is 10.9 Å². The standard InChI is InChI=1S/C14H13N3O2S2/c1-7-4-5-20-11(7)12(18)16-10-9(3)15-14-17(13(10)19)8(2)6-21-14/h4-6H,1-3H3,(H,16,18). The van der Waals surface area contributed by atoms with Gasteiger partial charge < -0.3 is 5.32 Å². The first-order valence-electron chi connectivity index (χ1n) is 6.32. The summed E-state index contributed by atoms with van der Waals surface area (Å²) in [5.41, 5.74) is 2.25. The van der Waals surface area contributed by atoms with E-state index in [0.717, 1.165) is 11.3 Å². The van der Waals surface area contributed by atoms with Crippen LogP contribution in [0.25, 0.3) is 4.96 Å². The van der Waals surface area contributed by atoms with E-state index in [4.69, 9.17) is 0 Å². The van der Waals surface area contributed by atoms with Crippen LogP contribution in [-0.2, 0) is 0 Å². The molecule has 3 rings (SSSR count). The molecule has 0 atom stereocenters. The maximum atomic E-state index is 12.5. The fraction of sp³-hybridized carbons (Fsp3) is 0.214. The van der Waals surface area contributed by atoms with E-state index in [1.807, 2.05) is 30.7 Å². The van der Waals surface area contributed by atoms with Crippen LogP contribution in [-0.4, -0.2) is 15.3 Å². The highest BCUT2D eigenvalue weighted by Gasteiger charge is 2.17. The van der Waals surface area contributed by atoms with Crippen LogP contribution in [0.1, 0.15) is 26.6 Å². The molecule has 0 fully saturated rings. The van der Waals surface area contributed by atoms with Crippen molar-refractivity contribution in [2.75, 3.05) is 5.32 Å². The molecule has 0 saturated carbocycles. The lowest BCUT2D eigenvalue weighted by atomic mass is 10.2. The molecule has 7 heteroatoms. The molecule has 3 aromatic rings. The van der Waals surface area contributed by atoms with Crippen LogP contribution in [0.2, 0.25) is 0 Å². The SMILES string of the molecule is Cc1ccsc1C(=O)Nc1c(C)nc2scc(C)n2c1=O. The topological polar surface area (TPSA) is 63.5 Å². The predicted molar refractivity (Wildman–Crippen MR) is 85.8 cm³/mol. The number of carbonyl (C=O) groups is 1. The molecule has 108 valence electrons. The molecule has 21 heavy (non-hydrogen) atoms. The van der Waals surface area contributed by atoms with Gasteiger partial charge in [0.2, 0.25) is 0 Å². The Morgan fingerprint density at radius 1 is 1.29 bits per heavy atom. The third kappa shape index (κ3) is 2.28. The summed E-state index contributed by atoms with van der Waals surface area (Å²) in [4.78, 5) is 30.5. The molecule has 5 nitrogen and oxygen atoms in total. The van der Waals surface area contributed by atoms with E-state index in [-0.39, 0.29) is 17.2 Å². The third-order valence-electron chi connectivity index (χ3n) is 3.23. The van der Waals surface area contributed by atoms with Gasteiger partial charge in [0.1, 0.15) is 5.69 Å². The second kappa shape index (κ2) is 5.09. The van der Waals surface area contributed by atoms with Crippen LogP contribution in [0.5, 0.6) is 0 Å². The fourth-order valence-electron chi connectivity index (χ4n) is 2.10. The van der Waals surface area contributed by atoms with Gasteiger partial charge >= 0.3 is 0 Å². The molecule has 0 aliphatic rings. The van der Waals surface area contributed by atoms with E-state index in [1.165, 1.54) is 27.1 Å². The molecule has 0 aromatic carbocycles. The number of aromatic nitrogens is 2. The molecule has 0 aliphatic carbocycles. The maximum absolute atomic E-state index is 12.5. The first-order valence-corrected chi connectivity index (χ1v) is 8.08. The Bertz CT molecular complexity index is 905. The largest absolute Gasteiger partial charge is 0.315 e. The van der Waals surface area contributed by atoms with Gasteiger partial charge in [-0.1, -0.05) is 0 Å². The molecule has 0 saturated heterocycles. The summed E-state index contributed by atoms with van der Waals surface area (Å²) in [7, 11) is 0. The molecular weight excluding hydrogens is 306 g/mol. The van der Waals surface area contributed by atoms with Crippen molar-refractivity contribution in [1.29, 1.82) is 0 Å². The summed E-state index contributed by atoms with van der Waals surface area (Å²) in [6.07, 6.45) is 0. The average Bonchev–Trinajstić information content (AvgIpc) is 3.01. The fourth-order valence-corrected chi connectivity index (χ4v) is 3.83. The van der Waals surface area contributed by atoms with Crippen LogP contribution in [0.3, 0.4) is 0 Å². The lowest BCUT2D eigenvalue weighted by molar-refractivity contribution is 0.102. The van der Waals surface area contributed by atoms with E-state index < -0.39 is 0 Å². The Labute approximate surface area is 128 Å². The third-order valence-corrected chi connectivity index (χ3v) is 5.19. The smallest absolute Gasteiger partial charge is 0.282 e. The van der Waals surface area contributed by atoms with Crippen molar-refractivity contribution in [3.8, 4) is 0 Å². The predicted octanol–water partition coefficient (Wildman–Crippen LogP) is 3.00. The number of nitrogens with zero attached hydrogens (tertiary/aromatic N) is 2. The summed E-state index contributed by atoms with van der Waals surface area (Å²) < 4.78 is 1.52. The van der Waals surface area contributed by atoms with Crippen LogP contribution >= 0.6 is 22.7 Å². The normalized spacial score (nSPS) is 11.0. The van der Waals surface area contributed by atoms with Gasteiger partial charge in [-0.3, -0.25) is 14.0 Å². The summed E-state index contributed by atoms with van der Waals surface area (Å²) in [5.74, 6) is -0.266. The molecule has 0 radical (unpaired) electrons. The lowest BCUT2D eigenvalue weighted by Gasteiger charge is -2.08. The van der Waals surface area contributed by atoms with Crippen LogP contribution in [0.15, 0.2) is 21.6 Å². The molecule has 3 heterocycles. The van der Waals surface area contributed by atoms with Crippen molar-refractivity contribution in [2.24, 2.45) is 0 Å². The molecule has 3 aromatic heterocycles. The van der Waals surface area contributed by atoms with Crippen LogP contribution in [0.4, 0.5) is 5.69 Å². The number of nitrogens with one attached hydrogen (secondary N) is 1. The van der Waals surface area contributed by atoms with Crippen molar-refractivity contribution >= 4 is 39.2 Å². The number of thiophene rings is 1. The minimum Gasteiger partial charge on any atom is -0.315 e. The minimum atomic E-state index is -0.266. The summed E-state index contributed by atoms with van der Waals surface area (Å²) in [6, 6.07) is 1.88. The molecular formula is C14H13N3O2S2. The van der Waals surface area contributed by atoms with E-state index in [9.17, 15) is 9.59 Å². The quantitative estimate of drug-likeness (QED) is 0.790. The number of thiazole rings is 1. The lowest BCUT2D eigenvalue weighted by Crippen LogP contribution is -2.24. The van der Waals surface area contributed by atoms with Gasteiger partial charge in [-0.25, -0.2) is 4.98 Å². The van der Waals surface area contributed by atoms with E-state index in [1.54, 1.807) is 6.92 Å². The molecule has 1 amide bonds. The number of carbonyl (C=O) groups excluding carboxylic acids is 1. The van der Waals surface area contributed by atoms with Crippen molar-refractivity contribution in [3.63, 3.8) is 0 Å². The molecule has 0 unspecified atom stereocenters. The summed E-state index contributed by atoms with van der Waals surface area (Å²) in [5, 5.41) is 6.44. The van der Waals surface area contributed by atoms with E-state index >= 15 is 0 Å². The zero-order valence-corrected chi connectivity index (χ0v) is 13.4. The number of rotatable bonds is 2. The van der Waals surface area contributed by atoms with Gasteiger partial charge in [-0.05, 0) is 37.8 Å². The van der Waals surface area contributed by atoms with Crippen molar-refractivity contribution in [1.82, 2.24) is 9.38 Å². The molecule has 0 aliphatic heterocycles. The van der Waals surface area contributed by atoms with Crippen molar-refractivity contribution < 1.29 is 4.79 Å². The number of amides is 1. The zero-order chi connectivity index (χ0) is 15.1. The maximum Gasteiger partial charge on any atom is 0.282 e. The Hall–Kier alpha value is -1.99. The first-order chi connectivity index (χ1) is 9.99. The average molecular weight is 319 g/mol. The van der Waals surface area contributed by atoms with Gasteiger partial charge in [0.05, 0.1) is 10.6 Å². The van der Waals surface area contributed by atoms with Gasteiger partial charge in [0.25, 0.3) is 11.5 Å². The zero-order valence-electron chi connectivity index (χ0n) is 11.8. The highest BCUT2D eigenvalue weighted by atomic mass is 32.1. The van der Waals surface area contributed by atoms with Crippen LogP contribution in [0, 0.1) is 20.8 Å². The number of anilines is 1. The van der Waals surface area contributed by atoms with E-state index in [0.29, 0.717) is 15.5 Å². The Balaban J connectivity index is 2.09. The summed E-state index contributed by atoms with van der Waals surface area (Å²) >= 11 is 2.77. The number of fused-ring (bicyclic) bond motifs is 1. The molecule has 0 bridgehead atoms.